The standard InChI is InChI=1S/C22H21BrCl2N2O3S2/c1-30-20-5-3-15(23)12-21(20)32(28,29)17-6-8-27(9-7-17)22-26-16(13-31-22)10-14-2-4-18(24)19(25)11-14/h2-5,11-13,17H,6-10H2,1H3. The first-order chi connectivity index (χ1) is 15.3. The highest BCUT2D eigenvalue weighted by Crippen LogP contribution is 2.34. The first-order valence-corrected chi connectivity index (χ1v) is 14.0. The summed E-state index contributed by atoms with van der Waals surface area (Å²) in [4.78, 5) is 7.16. The molecule has 32 heavy (non-hydrogen) atoms. The van der Waals surface area contributed by atoms with Gasteiger partial charge in [-0.15, -0.1) is 11.3 Å². The van der Waals surface area contributed by atoms with E-state index in [1.165, 1.54) is 7.11 Å². The number of methoxy groups -OCH3 is 1. The highest BCUT2D eigenvalue weighted by atomic mass is 79.9. The minimum atomic E-state index is -3.50. The topological polar surface area (TPSA) is 59.5 Å². The normalized spacial score (nSPS) is 15.2. The van der Waals surface area contributed by atoms with Crippen LogP contribution in [0.3, 0.4) is 0 Å². The number of thiazole rings is 1. The maximum atomic E-state index is 13.3. The Morgan fingerprint density at radius 1 is 1.16 bits per heavy atom. The minimum Gasteiger partial charge on any atom is -0.495 e. The summed E-state index contributed by atoms with van der Waals surface area (Å²) in [6, 6.07) is 10.7. The zero-order valence-corrected chi connectivity index (χ0v) is 22.0. The van der Waals surface area contributed by atoms with Gasteiger partial charge >= 0.3 is 0 Å². The fourth-order valence-corrected chi connectivity index (χ4v) is 7.42. The van der Waals surface area contributed by atoms with Gasteiger partial charge in [0.2, 0.25) is 0 Å². The molecule has 5 nitrogen and oxygen atoms in total. The smallest absolute Gasteiger partial charge is 0.185 e. The molecule has 0 atom stereocenters. The van der Waals surface area contributed by atoms with Gasteiger partial charge in [0, 0.05) is 29.4 Å². The van der Waals surface area contributed by atoms with E-state index in [0.29, 0.717) is 52.6 Å². The second-order valence-corrected chi connectivity index (χ2v) is 12.3. The Labute approximate surface area is 210 Å². The SMILES string of the molecule is COc1ccc(Br)cc1S(=O)(=O)C1CCN(c2nc(Cc3ccc(Cl)c(Cl)c3)cs2)CC1. The van der Waals surface area contributed by atoms with Crippen molar-refractivity contribution in [2.75, 3.05) is 25.1 Å². The van der Waals surface area contributed by atoms with E-state index in [1.807, 2.05) is 17.5 Å². The van der Waals surface area contributed by atoms with Crippen LogP contribution in [0.15, 0.2) is 51.1 Å². The molecule has 3 aromatic rings. The number of hydrogen-bond donors (Lipinski definition) is 0. The summed E-state index contributed by atoms with van der Waals surface area (Å²) < 4.78 is 32.6. The van der Waals surface area contributed by atoms with Crippen molar-refractivity contribution in [3.8, 4) is 5.75 Å². The highest BCUT2D eigenvalue weighted by Gasteiger charge is 2.34. The number of halogens is 3. The van der Waals surface area contributed by atoms with Crippen molar-refractivity contribution in [2.45, 2.75) is 29.4 Å². The lowest BCUT2D eigenvalue weighted by atomic mass is 10.1. The quantitative estimate of drug-likeness (QED) is 0.347. The van der Waals surface area contributed by atoms with Gasteiger partial charge in [0.25, 0.3) is 0 Å². The van der Waals surface area contributed by atoms with E-state index < -0.39 is 15.1 Å². The molecule has 1 saturated heterocycles. The molecule has 0 aliphatic carbocycles. The molecule has 0 amide bonds. The van der Waals surface area contributed by atoms with Gasteiger partial charge in [0.05, 0.1) is 28.1 Å². The van der Waals surface area contributed by atoms with Crippen LogP contribution < -0.4 is 9.64 Å². The zero-order valence-electron chi connectivity index (χ0n) is 17.2. The number of hydrogen-bond acceptors (Lipinski definition) is 6. The fraction of sp³-hybridized carbons (Fsp3) is 0.318. The van der Waals surface area contributed by atoms with E-state index in [4.69, 9.17) is 32.9 Å². The van der Waals surface area contributed by atoms with E-state index in [2.05, 4.69) is 20.8 Å². The number of nitrogens with zero attached hydrogens (tertiary/aromatic N) is 2. The number of anilines is 1. The van der Waals surface area contributed by atoms with E-state index >= 15 is 0 Å². The molecule has 1 aliphatic heterocycles. The maximum Gasteiger partial charge on any atom is 0.185 e. The van der Waals surface area contributed by atoms with Crippen LogP contribution in [0.5, 0.6) is 5.75 Å². The Bertz CT molecular complexity index is 1230. The molecule has 0 unspecified atom stereocenters. The summed E-state index contributed by atoms with van der Waals surface area (Å²) in [6.07, 6.45) is 1.75. The van der Waals surface area contributed by atoms with Gasteiger partial charge in [-0.05, 0) is 48.7 Å². The molecule has 0 saturated carbocycles. The van der Waals surface area contributed by atoms with Gasteiger partial charge in [-0.2, -0.15) is 0 Å². The number of rotatable bonds is 6. The van der Waals surface area contributed by atoms with Crippen molar-refractivity contribution < 1.29 is 13.2 Å². The van der Waals surface area contributed by atoms with E-state index in [0.717, 1.165) is 16.4 Å². The molecule has 0 spiro atoms. The van der Waals surface area contributed by atoms with Crippen LogP contribution in [0.2, 0.25) is 10.0 Å². The molecule has 2 heterocycles. The summed E-state index contributed by atoms with van der Waals surface area (Å²) in [5.41, 5.74) is 2.00. The van der Waals surface area contributed by atoms with Gasteiger partial charge in [-0.1, -0.05) is 45.2 Å². The average molecular weight is 576 g/mol. The van der Waals surface area contributed by atoms with Crippen molar-refractivity contribution in [3.05, 3.63) is 67.6 Å². The molecule has 10 heteroatoms. The van der Waals surface area contributed by atoms with Crippen LogP contribution in [0.1, 0.15) is 24.1 Å². The molecule has 170 valence electrons. The average Bonchev–Trinajstić information content (AvgIpc) is 3.25. The van der Waals surface area contributed by atoms with Gasteiger partial charge in [0.1, 0.15) is 10.6 Å². The van der Waals surface area contributed by atoms with Gasteiger partial charge in [-0.25, -0.2) is 13.4 Å². The Kier molecular flexibility index (Phi) is 7.36. The van der Waals surface area contributed by atoms with Crippen LogP contribution in [0.25, 0.3) is 0 Å². The molecular formula is C22H21BrCl2N2O3S2. The number of benzene rings is 2. The number of ether oxygens (including phenoxy) is 1. The first kappa shape index (κ1) is 23.8. The summed E-state index contributed by atoms with van der Waals surface area (Å²) in [5, 5.41) is 3.57. The third kappa shape index (κ3) is 5.09. The number of piperidine rings is 1. The zero-order chi connectivity index (χ0) is 22.9. The van der Waals surface area contributed by atoms with E-state index in [-0.39, 0.29) is 4.90 Å². The Hall–Kier alpha value is -1.32. The molecule has 2 aromatic carbocycles. The Balaban J connectivity index is 1.43. The van der Waals surface area contributed by atoms with Crippen molar-refractivity contribution in [2.24, 2.45) is 0 Å². The maximum absolute atomic E-state index is 13.3. The van der Waals surface area contributed by atoms with Crippen molar-refractivity contribution in [3.63, 3.8) is 0 Å². The van der Waals surface area contributed by atoms with Gasteiger partial charge < -0.3 is 9.64 Å². The molecule has 4 rings (SSSR count). The number of sulfone groups is 1. The molecule has 1 fully saturated rings. The molecule has 0 radical (unpaired) electrons. The fourth-order valence-electron chi connectivity index (χ4n) is 3.79. The van der Waals surface area contributed by atoms with Crippen LogP contribution in [0, 0.1) is 0 Å². The molecule has 0 bridgehead atoms. The largest absolute Gasteiger partial charge is 0.495 e. The Morgan fingerprint density at radius 2 is 1.91 bits per heavy atom. The lowest BCUT2D eigenvalue weighted by molar-refractivity contribution is 0.401. The van der Waals surface area contributed by atoms with E-state index in [1.54, 1.807) is 35.6 Å². The monoisotopic (exact) mass is 574 g/mol. The molecule has 1 aliphatic rings. The second-order valence-electron chi connectivity index (χ2n) is 7.57. The molecule has 0 N–H and O–H groups in total. The predicted octanol–water partition coefficient (Wildman–Crippen LogP) is 6.25. The van der Waals surface area contributed by atoms with E-state index in [9.17, 15) is 8.42 Å². The lowest BCUT2D eigenvalue weighted by Gasteiger charge is -2.31. The van der Waals surface area contributed by atoms with Gasteiger partial charge in [0.15, 0.2) is 15.0 Å². The number of aromatic nitrogens is 1. The molecular weight excluding hydrogens is 555 g/mol. The van der Waals surface area contributed by atoms with Crippen molar-refractivity contribution in [1.82, 2.24) is 4.98 Å². The summed E-state index contributed by atoms with van der Waals surface area (Å²) in [6.45, 7) is 1.28. The summed E-state index contributed by atoms with van der Waals surface area (Å²) in [5.74, 6) is 0.377. The molecule has 1 aromatic heterocycles. The summed E-state index contributed by atoms with van der Waals surface area (Å²) in [7, 11) is -2.01. The predicted molar refractivity (Wildman–Crippen MR) is 134 cm³/mol. The Morgan fingerprint density at radius 3 is 2.59 bits per heavy atom. The lowest BCUT2D eigenvalue weighted by Crippen LogP contribution is -2.39. The second kappa shape index (κ2) is 9.89. The first-order valence-electron chi connectivity index (χ1n) is 9.98. The van der Waals surface area contributed by atoms with Crippen molar-refractivity contribution in [1.29, 1.82) is 0 Å². The third-order valence-corrected chi connectivity index (χ3v) is 9.96. The summed E-state index contributed by atoms with van der Waals surface area (Å²) >= 11 is 17.0. The van der Waals surface area contributed by atoms with Crippen LogP contribution >= 0.6 is 50.5 Å². The van der Waals surface area contributed by atoms with Crippen molar-refractivity contribution >= 4 is 65.4 Å². The highest BCUT2D eigenvalue weighted by molar-refractivity contribution is 9.10. The van der Waals surface area contributed by atoms with Gasteiger partial charge in [-0.3, -0.25) is 0 Å². The van der Waals surface area contributed by atoms with Crippen LogP contribution in [0.4, 0.5) is 5.13 Å². The minimum absolute atomic E-state index is 0.242. The van der Waals surface area contributed by atoms with Crippen LogP contribution in [-0.4, -0.2) is 38.9 Å². The van der Waals surface area contributed by atoms with Crippen LogP contribution in [-0.2, 0) is 16.3 Å². The third-order valence-electron chi connectivity index (χ3n) is 5.49.